The van der Waals surface area contributed by atoms with Crippen LogP contribution in [-0.4, -0.2) is 37.1 Å². The Labute approximate surface area is 104 Å². The second kappa shape index (κ2) is 6.89. The van der Waals surface area contributed by atoms with E-state index in [1.165, 1.54) is 25.2 Å². The molecule has 1 aromatic rings. The molecule has 1 saturated heterocycles. The van der Waals surface area contributed by atoms with Crippen LogP contribution in [0.15, 0.2) is 30.3 Å². The lowest BCUT2D eigenvalue weighted by Gasteiger charge is -2.33. The highest BCUT2D eigenvalue weighted by Gasteiger charge is 2.17. The summed E-state index contributed by atoms with van der Waals surface area (Å²) in [5.41, 5.74) is 1.44. The monoisotopic (exact) mass is 240 g/mol. The molecule has 1 aliphatic rings. The first-order valence-electron chi connectivity index (χ1n) is 5.88. The first kappa shape index (κ1) is 13.5. The van der Waals surface area contributed by atoms with Gasteiger partial charge in [-0.25, -0.2) is 0 Å². The largest absolute Gasteiger partial charge is 0.311 e. The SMILES string of the molecule is CCN1CCN[C@H](Cc2ccccc2)C1.Cl. The first-order valence-corrected chi connectivity index (χ1v) is 5.88. The quantitative estimate of drug-likeness (QED) is 0.869. The minimum Gasteiger partial charge on any atom is -0.311 e. The third kappa shape index (κ3) is 3.78. The van der Waals surface area contributed by atoms with Crippen molar-refractivity contribution in [2.75, 3.05) is 26.2 Å². The van der Waals surface area contributed by atoms with Crippen molar-refractivity contribution in [3.05, 3.63) is 35.9 Å². The summed E-state index contributed by atoms with van der Waals surface area (Å²) in [6.45, 7) is 6.93. The van der Waals surface area contributed by atoms with Crippen LogP contribution in [0.1, 0.15) is 12.5 Å². The molecular weight excluding hydrogens is 220 g/mol. The molecule has 0 unspecified atom stereocenters. The summed E-state index contributed by atoms with van der Waals surface area (Å²) in [5, 5.41) is 3.59. The molecule has 0 bridgehead atoms. The van der Waals surface area contributed by atoms with Crippen LogP contribution < -0.4 is 5.32 Å². The molecule has 3 heteroatoms. The van der Waals surface area contributed by atoms with Gasteiger partial charge in [0.25, 0.3) is 0 Å². The Morgan fingerprint density at radius 1 is 1.31 bits per heavy atom. The van der Waals surface area contributed by atoms with E-state index < -0.39 is 0 Å². The van der Waals surface area contributed by atoms with E-state index in [9.17, 15) is 0 Å². The van der Waals surface area contributed by atoms with Gasteiger partial charge in [0.05, 0.1) is 0 Å². The summed E-state index contributed by atoms with van der Waals surface area (Å²) in [6, 6.07) is 11.4. The van der Waals surface area contributed by atoms with E-state index in [1.807, 2.05) is 0 Å². The van der Waals surface area contributed by atoms with Crippen molar-refractivity contribution in [1.29, 1.82) is 0 Å². The molecule has 2 rings (SSSR count). The van der Waals surface area contributed by atoms with Gasteiger partial charge in [0.1, 0.15) is 0 Å². The summed E-state index contributed by atoms with van der Waals surface area (Å²) in [6.07, 6.45) is 1.15. The van der Waals surface area contributed by atoms with Gasteiger partial charge in [-0.3, -0.25) is 0 Å². The standard InChI is InChI=1S/C13H20N2.ClH/c1-2-15-9-8-14-13(11-15)10-12-6-4-3-5-7-12;/h3-7,13-14H,2,8-11H2,1H3;1H/t13-;/m1./s1. The Hall–Kier alpha value is -0.570. The molecule has 1 N–H and O–H groups in total. The number of benzene rings is 1. The average Bonchev–Trinajstić information content (AvgIpc) is 2.31. The van der Waals surface area contributed by atoms with Crippen molar-refractivity contribution < 1.29 is 0 Å². The molecule has 1 aromatic carbocycles. The average molecular weight is 241 g/mol. The van der Waals surface area contributed by atoms with E-state index in [1.54, 1.807) is 0 Å². The highest BCUT2D eigenvalue weighted by Crippen LogP contribution is 2.07. The van der Waals surface area contributed by atoms with E-state index in [4.69, 9.17) is 0 Å². The fourth-order valence-electron chi connectivity index (χ4n) is 2.22. The minimum absolute atomic E-state index is 0. The first-order chi connectivity index (χ1) is 7.38. The minimum atomic E-state index is 0. The van der Waals surface area contributed by atoms with E-state index in [-0.39, 0.29) is 12.4 Å². The van der Waals surface area contributed by atoms with Crippen LogP contribution in [0.3, 0.4) is 0 Å². The smallest absolute Gasteiger partial charge is 0.0235 e. The highest BCUT2D eigenvalue weighted by atomic mass is 35.5. The molecule has 0 aliphatic carbocycles. The van der Waals surface area contributed by atoms with Crippen molar-refractivity contribution in [2.24, 2.45) is 0 Å². The van der Waals surface area contributed by atoms with Gasteiger partial charge in [0, 0.05) is 25.7 Å². The molecule has 1 aliphatic heterocycles. The second-order valence-corrected chi connectivity index (χ2v) is 4.23. The van der Waals surface area contributed by atoms with Crippen LogP contribution in [0, 0.1) is 0 Å². The van der Waals surface area contributed by atoms with Gasteiger partial charge in [-0.15, -0.1) is 12.4 Å². The van der Waals surface area contributed by atoms with Gasteiger partial charge < -0.3 is 10.2 Å². The van der Waals surface area contributed by atoms with E-state index >= 15 is 0 Å². The number of halogens is 1. The van der Waals surface area contributed by atoms with Gasteiger partial charge in [0.2, 0.25) is 0 Å². The van der Waals surface area contributed by atoms with Crippen molar-refractivity contribution in [2.45, 2.75) is 19.4 Å². The maximum atomic E-state index is 3.59. The maximum Gasteiger partial charge on any atom is 0.0235 e. The molecule has 16 heavy (non-hydrogen) atoms. The lowest BCUT2D eigenvalue weighted by Crippen LogP contribution is -2.51. The van der Waals surface area contributed by atoms with Gasteiger partial charge in [-0.05, 0) is 18.5 Å². The Morgan fingerprint density at radius 2 is 2.06 bits per heavy atom. The van der Waals surface area contributed by atoms with Crippen LogP contribution in [-0.2, 0) is 6.42 Å². The van der Waals surface area contributed by atoms with Crippen molar-refractivity contribution in [3.63, 3.8) is 0 Å². The molecular formula is C13H21ClN2. The van der Waals surface area contributed by atoms with Crippen molar-refractivity contribution >= 4 is 12.4 Å². The fourth-order valence-corrected chi connectivity index (χ4v) is 2.22. The van der Waals surface area contributed by atoms with Crippen LogP contribution in [0.2, 0.25) is 0 Å². The second-order valence-electron chi connectivity index (χ2n) is 4.23. The van der Waals surface area contributed by atoms with Crippen molar-refractivity contribution in [1.82, 2.24) is 10.2 Å². The summed E-state index contributed by atoms with van der Waals surface area (Å²) in [4.78, 5) is 2.52. The van der Waals surface area contributed by atoms with Gasteiger partial charge in [-0.1, -0.05) is 37.3 Å². The summed E-state index contributed by atoms with van der Waals surface area (Å²) < 4.78 is 0. The zero-order valence-electron chi connectivity index (χ0n) is 9.86. The molecule has 90 valence electrons. The maximum absolute atomic E-state index is 3.59. The number of likely N-dealkylation sites (N-methyl/N-ethyl adjacent to an activating group) is 1. The van der Waals surface area contributed by atoms with Gasteiger partial charge >= 0.3 is 0 Å². The third-order valence-electron chi connectivity index (χ3n) is 3.11. The molecule has 0 amide bonds. The Balaban J connectivity index is 0.00000128. The lowest BCUT2D eigenvalue weighted by atomic mass is 10.0. The van der Waals surface area contributed by atoms with Crippen LogP contribution in [0.25, 0.3) is 0 Å². The molecule has 0 spiro atoms. The molecule has 0 aromatic heterocycles. The predicted molar refractivity (Wildman–Crippen MR) is 71.3 cm³/mol. The molecule has 0 saturated carbocycles. The summed E-state index contributed by atoms with van der Waals surface area (Å²) in [7, 11) is 0. The Bertz CT molecular complexity index is 289. The number of hydrogen-bond donors (Lipinski definition) is 1. The van der Waals surface area contributed by atoms with E-state index in [2.05, 4.69) is 47.5 Å². The molecule has 1 atom stereocenters. The fraction of sp³-hybridized carbons (Fsp3) is 0.538. The van der Waals surface area contributed by atoms with Crippen LogP contribution in [0.4, 0.5) is 0 Å². The Morgan fingerprint density at radius 3 is 2.75 bits per heavy atom. The predicted octanol–water partition coefficient (Wildman–Crippen LogP) is 1.94. The molecule has 2 nitrogen and oxygen atoms in total. The number of rotatable bonds is 3. The van der Waals surface area contributed by atoms with Crippen LogP contribution >= 0.6 is 12.4 Å². The van der Waals surface area contributed by atoms with Crippen LogP contribution in [0.5, 0.6) is 0 Å². The number of piperazine rings is 1. The normalized spacial score (nSPS) is 21.4. The van der Waals surface area contributed by atoms with E-state index in [0.717, 1.165) is 13.0 Å². The summed E-state index contributed by atoms with van der Waals surface area (Å²) >= 11 is 0. The number of nitrogens with zero attached hydrogens (tertiary/aromatic N) is 1. The number of nitrogens with one attached hydrogen (secondary N) is 1. The molecule has 1 fully saturated rings. The third-order valence-corrected chi connectivity index (χ3v) is 3.11. The molecule has 1 heterocycles. The van der Waals surface area contributed by atoms with E-state index in [0.29, 0.717) is 6.04 Å². The number of hydrogen-bond acceptors (Lipinski definition) is 2. The zero-order chi connectivity index (χ0) is 10.5. The Kier molecular flexibility index (Phi) is 5.81. The lowest BCUT2D eigenvalue weighted by molar-refractivity contribution is 0.208. The summed E-state index contributed by atoms with van der Waals surface area (Å²) in [5.74, 6) is 0. The van der Waals surface area contributed by atoms with Crippen molar-refractivity contribution in [3.8, 4) is 0 Å². The van der Waals surface area contributed by atoms with Gasteiger partial charge in [0.15, 0.2) is 0 Å². The topological polar surface area (TPSA) is 15.3 Å². The molecule has 0 radical (unpaired) electrons. The zero-order valence-corrected chi connectivity index (χ0v) is 10.7. The highest BCUT2D eigenvalue weighted by molar-refractivity contribution is 5.85. The van der Waals surface area contributed by atoms with Gasteiger partial charge in [-0.2, -0.15) is 0 Å².